The van der Waals surface area contributed by atoms with E-state index in [1.54, 1.807) is 47.7 Å². The van der Waals surface area contributed by atoms with Gasteiger partial charge in [0.2, 0.25) is 0 Å². The number of rotatable bonds is 8. The van der Waals surface area contributed by atoms with Gasteiger partial charge in [0.1, 0.15) is 11.3 Å². The maximum atomic E-state index is 13.5. The van der Waals surface area contributed by atoms with Crippen LogP contribution in [0.15, 0.2) is 48.2 Å². The van der Waals surface area contributed by atoms with Gasteiger partial charge in [0.15, 0.2) is 17.3 Å². The van der Waals surface area contributed by atoms with Crippen molar-refractivity contribution in [2.75, 3.05) is 53.6 Å². The maximum absolute atomic E-state index is 13.5. The Kier molecular flexibility index (Phi) is 7.35. The Hall–Kier alpha value is -3.89. The van der Waals surface area contributed by atoms with Crippen molar-refractivity contribution in [1.29, 1.82) is 0 Å². The summed E-state index contributed by atoms with van der Waals surface area (Å²) in [6, 6.07) is 9.97. The first-order chi connectivity index (χ1) is 18.4. The number of hydrogen-bond donors (Lipinski definition) is 1. The summed E-state index contributed by atoms with van der Waals surface area (Å²) in [5.41, 5.74) is 2.24. The summed E-state index contributed by atoms with van der Waals surface area (Å²) in [7, 11) is 3.07. The van der Waals surface area contributed by atoms with E-state index in [4.69, 9.17) is 14.2 Å². The summed E-state index contributed by atoms with van der Waals surface area (Å²) in [6.07, 6.45) is 2.44. The molecule has 10 nitrogen and oxygen atoms in total. The number of aryl methyl sites for hydroxylation is 1. The third kappa shape index (κ3) is 4.61. The van der Waals surface area contributed by atoms with E-state index in [1.807, 2.05) is 18.2 Å². The Morgan fingerprint density at radius 3 is 2.58 bits per heavy atom. The van der Waals surface area contributed by atoms with Crippen LogP contribution < -0.4 is 9.47 Å². The summed E-state index contributed by atoms with van der Waals surface area (Å²) in [6.45, 7) is 5.95. The third-order valence-corrected chi connectivity index (χ3v) is 7.17. The second-order valence-electron chi connectivity index (χ2n) is 9.39. The van der Waals surface area contributed by atoms with Gasteiger partial charge in [-0.15, -0.1) is 0 Å². The minimum Gasteiger partial charge on any atom is -0.505 e. The number of benzene rings is 1. The van der Waals surface area contributed by atoms with Gasteiger partial charge >= 0.3 is 0 Å². The molecule has 5 rings (SSSR count). The molecule has 4 heterocycles. The summed E-state index contributed by atoms with van der Waals surface area (Å²) in [5.74, 6) is -0.623. The first kappa shape index (κ1) is 25.7. The molecule has 200 valence electrons. The van der Waals surface area contributed by atoms with Gasteiger partial charge in [0, 0.05) is 32.4 Å². The van der Waals surface area contributed by atoms with Crippen LogP contribution in [0.1, 0.15) is 29.4 Å². The molecule has 3 aromatic rings. The number of carbonyl (C=O) groups excluding carboxylic acids is 2. The highest BCUT2D eigenvalue weighted by atomic mass is 16.5. The quantitative estimate of drug-likeness (QED) is 0.275. The lowest BCUT2D eigenvalue weighted by molar-refractivity contribution is -0.140. The lowest BCUT2D eigenvalue weighted by atomic mass is 9.95. The van der Waals surface area contributed by atoms with Crippen LogP contribution in [0.4, 0.5) is 0 Å². The number of carbonyl (C=O) groups is 2. The number of pyridine rings is 1. The molecule has 1 unspecified atom stereocenters. The molecule has 2 fully saturated rings. The summed E-state index contributed by atoms with van der Waals surface area (Å²) in [4.78, 5) is 35.3. The number of aliphatic hydroxyl groups excluding tert-OH is 1. The Balaban J connectivity index is 1.58. The van der Waals surface area contributed by atoms with Crippen molar-refractivity contribution >= 4 is 23.1 Å². The number of aliphatic hydroxyl groups is 1. The molecule has 0 radical (unpaired) electrons. The number of likely N-dealkylation sites (tertiary alicyclic amines) is 1. The highest BCUT2D eigenvalue weighted by Gasteiger charge is 2.46. The average molecular weight is 521 g/mol. The first-order valence-electron chi connectivity index (χ1n) is 12.7. The molecule has 38 heavy (non-hydrogen) atoms. The second kappa shape index (κ2) is 10.8. The van der Waals surface area contributed by atoms with E-state index in [0.29, 0.717) is 60.3 Å². The van der Waals surface area contributed by atoms with Gasteiger partial charge in [-0.1, -0.05) is 12.1 Å². The molecular formula is C28H32N4O6. The number of fused-ring (bicyclic) bond motifs is 1. The number of nitrogens with zero attached hydrogens (tertiary/aromatic N) is 4. The normalized spacial score (nSPS) is 19.9. The fourth-order valence-corrected chi connectivity index (χ4v) is 5.30. The minimum absolute atomic E-state index is 0.0299. The maximum Gasteiger partial charge on any atom is 0.295 e. The number of morpholine rings is 1. The molecular weight excluding hydrogens is 488 g/mol. The van der Waals surface area contributed by atoms with Crippen LogP contribution in [0.5, 0.6) is 11.5 Å². The van der Waals surface area contributed by atoms with E-state index in [1.165, 1.54) is 7.11 Å². The fraction of sp³-hybridized carbons (Fsp3) is 0.393. The average Bonchev–Trinajstić information content (AvgIpc) is 3.41. The summed E-state index contributed by atoms with van der Waals surface area (Å²) < 4.78 is 18.0. The van der Waals surface area contributed by atoms with E-state index in [0.717, 1.165) is 19.6 Å². The van der Waals surface area contributed by atoms with Crippen molar-refractivity contribution in [1.82, 2.24) is 19.2 Å². The van der Waals surface area contributed by atoms with Crippen molar-refractivity contribution in [2.45, 2.75) is 19.4 Å². The minimum atomic E-state index is -0.798. The van der Waals surface area contributed by atoms with Crippen molar-refractivity contribution in [3.05, 3.63) is 65.1 Å². The van der Waals surface area contributed by atoms with Crippen molar-refractivity contribution in [2.24, 2.45) is 0 Å². The molecule has 10 heteroatoms. The molecule has 2 saturated heterocycles. The van der Waals surface area contributed by atoms with Gasteiger partial charge in [0.05, 0.1) is 44.7 Å². The van der Waals surface area contributed by atoms with Gasteiger partial charge in [-0.25, -0.2) is 4.98 Å². The monoisotopic (exact) mass is 520 g/mol. The molecule has 2 aliphatic heterocycles. The molecule has 1 N–H and O–H groups in total. The molecule has 0 bridgehead atoms. The van der Waals surface area contributed by atoms with Gasteiger partial charge < -0.3 is 24.2 Å². The Labute approximate surface area is 221 Å². The SMILES string of the molecule is COc1ccc(C2C(=C(O)c3c(C)nc4ccccn34)C(=O)C(=O)N2CCCN2CCOCC2)cc1OC. The number of ketones is 1. The van der Waals surface area contributed by atoms with Crippen LogP contribution >= 0.6 is 0 Å². The smallest absolute Gasteiger partial charge is 0.295 e. The standard InChI is InChI=1S/C28H32N4O6/c1-18-24(31-11-5-4-7-22(31)29-18)26(33)23-25(19-8-9-20(36-2)21(17-19)37-3)32(28(35)27(23)34)12-6-10-30-13-15-38-16-14-30/h4-5,7-9,11,17,25,33H,6,10,12-16H2,1-3H3. The van der Waals surface area contributed by atoms with Crippen molar-refractivity contribution in [3.8, 4) is 11.5 Å². The van der Waals surface area contributed by atoms with E-state index in [2.05, 4.69) is 9.88 Å². The largest absolute Gasteiger partial charge is 0.505 e. The van der Waals surface area contributed by atoms with Crippen LogP contribution in [0.25, 0.3) is 11.4 Å². The lowest BCUT2D eigenvalue weighted by Crippen LogP contribution is -2.39. The van der Waals surface area contributed by atoms with Gasteiger partial charge in [0.25, 0.3) is 11.7 Å². The molecule has 1 atom stereocenters. The zero-order chi connectivity index (χ0) is 26.8. The van der Waals surface area contributed by atoms with Crippen LogP contribution in [0.3, 0.4) is 0 Å². The van der Waals surface area contributed by atoms with Gasteiger partial charge in [-0.3, -0.25) is 18.9 Å². The number of aromatic nitrogens is 2. The van der Waals surface area contributed by atoms with Crippen LogP contribution in [0, 0.1) is 6.92 Å². The topological polar surface area (TPSA) is 106 Å². The van der Waals surface area contributed by atoms with Crippen LogP contribution in [-0.2, 0) is 14.3 Å². The van der Waals surface area contributed by atoms with Crippen LogP contribution in [-0.4, -0.2) is 89.6 Å². The van der Waals surface area contributed by atoms with Crippen LogP contribution in [0.2, 0.25) is 0 Å². The summed E-state index contributed by atoms with van der Waals surface area (Å²) >= 11 is 0. The van der Waals surface area contributed by atoms with E-state index in [-0.39, 0.29) is 11.3 Å². The van der Waals surface area contributed by atoms with Crippen molar-refractivity contribution in [3.63, 3.8) is 0 Å². The number of Topliss-reactive ketones (excluding diaryl/α,β-unsaturated/α-hetero) is 1. The summed E-state index contributed by atoms with van der Waals surface area (Å²) in [5, 5.41) is 11.6. The molecule has 2 aromatic heterocycles. The Morgan fingerprint density at radius 1 is 1.08 bits per heavy atom. The number of methoxy groups -OCH3 is 2. The van der Waals surface area contributed by atoms with Crippen molar-refractivity contribution < 1.29 is 28.9 Å². The zero-order valence-electron chi connectivity index (χ0n) is 21.8. The fourth-order valence-electron chi connectivity index (χ4n) is 5.30. The molecule has 1 amide bonds. The molecule has 0 saturated carbocycles. The van der Waals surface area contributed by atoms with Gasteiger partial charge in [-0.2, -0.15) is 0 Å². The Morgan fingerprint density at radius 2 is 1.84 bits per heavy atom. The zero-order valence-corrected chi connectivity index (χ0v) is 21.8. The van der Waals surface area contributed by atoms with Gasteiger partial charge in [-0.05, 0) is 43.2 Å². The molecule has 0 aliphatic carbocycles. The molecule has 1 aromatic carbocycles. The van der Waals surface area contributed by atoms with E-state index in [9.17, 15) is 14.7 Å². The number of hydrogen-bond acceptors (Lipinski definition) is 8. The predicted octanol–water partition coefficient (Wildman–Crippen LogP) is 2.80. The van der Waals surface area contributed by atoms with E-state index < -0.39 is 17.7 Å². The van der Waals surface area contributed by atoms with E-state index >= 15 is 0 Å². The molecule has 0 spiro atoms. The molecule has 2 aliphatic rings. The Bertz CT molecular complexity index is 1390. The first-order valence-corrected chi connectivity index (χ1v) is 12.7. The number of amides is 1. The number of imidazole rings is 1. The highest BCUT2D eigenvalue weighted by molar-refractivity contribution is 6.46. The third-order valence-electron chi connectivity index (χ3n) is 7.17. The highest BCUT2D eigenvalue weighted by Crippen LogP contribution is 2.42. The predicted molar refractivity (Wildman–Crippen MR) is 140 cm³/mol. The number of ether oxygens (including phenoxy) is 3. The second-order valence-corrected chi connectivity index (χ2v) is 9.39. The lowest BCUT2D eigenvalue weighted by Gasteiger charge is -2.29.